The molecule has 0 heterocycles. The van der Waals surface area contributed by atoms with Crippen molar-refractivity contribution in [2.75, 3.05) is 6.61 Å². The Morgan fingerprint density at radius 2 is 2.07 bits per heavy atom. The molecule has 14 heavy (non-hydrogen) atoms. The molecule has 0 spiro atoms. The summed E-state index contributed by atoms with van der Waals surface area (Å²) in [4.78, 5) is 0. The van der Waals surface area contributed by atoms with Crippen LogP contribution in [0.5, 0.6) is 5.75 Å². The number of nitrogens with two attached hydrogens (primary N) is 1. The molecule has 2 N–H and O–H groups in total. The van der Waals surface area contributed by atoms with Gasteiger partial charge in [-0.1, -0.05) is 19.1 Å². The van der Waals surface area contributed by atoms with E-state index in [0.29, 0.717) is 0 Å². The molecule has 1 rings (SSSR count). The van der Waals surface area contributed by atoms with Gasteiger partial charge in [-0.15, -0.1) is 0 Å². The van der Waals surface area contributed by atoms with Crippen molar-refractivity contribution in [3.63, 3.8) is 0 Å². The van der Waals surface area contributed by atoms with Crippen LogP contribution in [0.2, 0.25) is 0 Å². The topological polar surface area (TPSA) is 35.2 Å². The summed E-state index contributed by atoms with van der Waals surface area (Å²) in [5.74, 6) is 0.905. The Labute approximate surface area is 86.1 Å². The maximum Gasteiger partial charge on any atom is 0.119 e. The van der Waals surface area contributed by atoms with E-state index in [1.165, 1.54) is 0 Å². The lowest BCUT2D eigenvalue weighted by molar-refractivity contribution is 0.316. The van der Waals surface area contributed by atoms with Crippen LogP contribution in [0.25, 0.3) is 0 Å². The van der Waals surface area contributed by atoms with Gasteiger partial charge < -0.3 is 10.5 Å². The Morgan fingerprint density at radius 1 is 1.36 bits per heavy atom. The van der Waals surface area contributed by atoms with Crippen LogP contribution in [0, 0.1) is 0 Å². The molecule has 0 aliphatic carbocycles. The first-order valence-electron chi connectivity index (χ1n) is 5.06. The minimum absolute atomic E-state index is 0.300. The van der Waals surface area contributed by atoms with Gasteiger partial charge in [0, 0.05) is 5.54 Å². The summed E-state index contributed by atoms with van der Waals surface area (Å²) in [6.07, 6.45) is 1.02. The monoisotopic (exact) mass is 193 g/mol. The van der Waals surface area contributed by atoms with E-state index in [1.807, 2.05) is 38.1 Å². The van der Waals surface area contributed by atoms with Crippen molar-refractivity contribution in [3.8, 4) is 5.75 Å². The molecule has 2 nitrogen and oxygen atoms in total. The van der Waals surface area contributed by atoms with Crippen molar-refractivity contribution < 1.29 is 4.74 Å². The van der Waals surface area contributed by atoms with E-state index in [0.717, 1.165) is 24.3 Å². The summed E-state index contributed by atoms with van der Waals surface area (Å²) in [5, 5.41) is 0. The van der Waals surface area contributed by atoms with E-state index in [1.54, 1.807) is 0 Å². The Balaban J connectivity index is 2.79. The van der Waals surface area contributed by atoms with Crippen LogP contribution in [0.15, 0.2) is 24.3 Å². The van der Waals surface area contributed by atoms with Crippen molar-refractivity contribution in [1.82, 2.24) is 0 Å². The van der Waals surface area contributed by atoms with Crippen molar-refractivity contribution >= 4 is 0 Å². The molecule has 0 aliphatic rings. The number of rotatable bonds is 4. The molecule has 0 aliphatic heterocycles. The van der Waals surface area contributed by atoms with E-state index in [-0.39, 0.29) is 5.54 Å². The van der Waals surface area contributed by atoms with Gasteiger partial charge in [0.15, 0.2) is 0 Å². The van der Waals surface area contributed by atoms with Crippen LogP contribution in [0.1, 0.15) is 32.8 Å². The van der Waals surface area contributed by atoms with Gasteiger partial charge in [-0.2, -0.15) is 0 Å². The summed E-state index contributed by atoms with van der Waals surface area (Å²) in [6.45, 7) is 6.84. The smallest absolute Gasteiger partial charge is 0.119 e. The summed E-state index contributed by atoms with van der Waals surface area (Å²) in [5.41, 5.74) is 6.80. The molecule has 0 unspecified atom stereocenters. The second kappa shape index (κ2) is 4.47. The van der Waals surface area contributed by atoms with Gasteiger partial charge in [-0.3, -0.25) is 0 Å². The van der Waals surface area contributed by atoms with Gasteiger partial charge in [-0.25, -0.2) is 0 Å². The molecule has 0 radical (unpaired) electrons. The fourth-order valence-electron chi connectivity index (χ4n) is 1.21. The van der Waals surface area contributed by atoms with Crippen LogP contribution in [-0.4, -0.2) is 6.61 Å². The van der Waals surface area contributed by atoms with Crippen LogP contribution in [0.4, 0.5) is 0 Å². The molecule has 0 aromatic heterocycles. The van der Waals surface area contributed by atoms with Gasteiger partial charge in [-0.05, 0) is 38.0 Å². The molecule has 0 amide bonds. The average molecular weight is 193 g/mol. The molecular formula is C12H19NO. The molecule has 0 fully saturated rings. The molecule has 0 atom stereocenters. The fourth-order valence-corrected chi connectivity index (χ4v) is 1.21. The van der Waals surface area contributed by atoms with Crippen LogP contribution in [-0.2, 0) is 5.54 Å². The lowest BCUT2D eigenvalue weighted by Gasteiger charge is -2.19. The quantitative estimate of drug-likeness (QED) is 0.798. The normalized spacial score (nSPS) is 11.4. The molecule has 1 aromatic carbocycles. The zero-order valence-electron chi connectivity index (χ0n) is 9.21. The van der Waals surface area contributed by atoms with Gasteiger partial charge in [0.25, 0.3) is 0 Å². The van der Waals surface area contributed by atoms with Gasteiger partial charge in [0.1, 0.15) is 5.75 Å². The molecule has 78 valence electrons. The predicted octanol–water partition coefficient (Wildman–Crippen LogP) is 2.67. The Kier molecular flexibility index (Phi) is 3.53. The second-order valence-corrected chi connectivity index (χ2v) is 4.10. The second-order valence-electron chi connectivity index (χ2n) is 4.10. The third-order valence-electron chi connectivity index (χ3n) is 2.05. The summed E-state index contributed by atoms with van der Waals surface area (Å²) in [6, 6.07) is 7.98. The summed E-state index contributed by atoms with van der Waals surface area (Å²) >= 11 is 0. The third kappa shape index (κ3) is 3.04. The summed E-state index contributed by atoms with van der Waals surface area (Å²) < 4.78 is 5.54. The minimum atomic E-state index is -0.300. The SMILES string of the molecule is CCCOc1cccc(C(C)(C)N)c1. The average Bonchev–Trinajstić information content (AvgIpc) is 2.14. The molecule has 0 bridgehead atoms. The fraction of sp³-hybridized carbons (Fsp3) is 0.500. The first kappa shape index (κ1) is 11.1. The zero-order valence-corrected chi connectivity index (χ0v) is 9.21. The zero-order chi connectivity index (χ0) is 10.6. The van der Waals surface area contributed by atoms with Crippen molar-refractivity contribution in [2.24, 2.45) is 5.73 Å². The Morgan fingerprint density at radius 3 is 2.64 bits per heavy atom. The van der Waals surface area contributed by atoms with Crippen LogP contribution in [0.3, 0.4) is 0 Å². The molecule has 1 aromatic rings. The van der Waals surface area contributed by atoms with Crippen LogP contribution >= 0.6 is 0 Å². The van der Waals surface area contributed by atoms with Crippen molar-refractivity contribution in [2.45, 2.75) is 32.7 Å². The Bertz CT molecular complexity index is 289. The number of ether oxygens (including phenoxy) is 1. The van der Waals surface area contributed by atoms with Gasteiger partial charge in [0.05, 0.1) is 6.61 Å². The van der Waals surface area contributed by atoms with Crippen molar-refractivity contribution in [1.29, 1.82) is 0 Å². The minimum Gasteiger partial charge on any atom is -0.494 e. The standard InChI is InChI=1S/C12H19NO/c1-4-8-14-11-7-5-6-10(9-11)12(2,3)13/h5-7,9H,4,8,13H2,1-3H3. The van der Waals surface area contributed by atoms with E-state index < -0.39 is 0 Å². The summed E-state index contributed by atoms with van der Waals surface area (Å²) in [7, 11) is 0. The predicted molar refractivity (Wildman–Crippen MR) is 59.4 cm³/mol. The first-order chi connectivity index (χ1) is 6.54. The highest BCUT2D eigenvalue weighted by atomic mass is 16.5. The lowest BCUT2D eigenvalue weighted by atomic mass is 9.96. The first-order valence-corrected chi connectivity index (χ1v) is 5.06. The van der Waals surface area contributed by atoms with Crippen molar-refractivity contribution in [3.05, 3.63) is 29.8 Å². The van der Waals surface area contributed by atoms with Gasteiger partial charge in [0.2, 0.25) is 0 Å². The van der Waals surface area contributed by atoms with E-state index in [9.17, 15) is 0 Å². The maximum atomic E-state index is 6.00. The highest BCUT2D eigenvalue weighted by Crippen LogP contribution is 2.21. The van der Waals surface area contributed by atoms with Crippen LogP contribution < -0.4 is 10.5 Å². The molecule has 2 heteroatoms. The van der Waals surface area contributed by atoms with Gasteiger partial charge >= 0.3 is 0 Å². The highest BCUT2D eigenvalue weighted by molar-refractivity contribution is 5.32. The molecule has 0 saturated carbocycles. The molecular weight excluding hydrogens is 174 g/mol. The third-order valence-corrected chi connectivity index (χ3v) is 2.05. The van der Waals surface area contributed by atoms with E-state index in [2.05, 4.69) is 6.92 Å². The number of hydrogen-bond donors (Lipinski definition) is 1. The Hall–Kier alpha value is -1.02. The van der Waals surface area contributed by atoms with E-state index in [4.69, 9.17) is 10.5 Å². The maximum absolute atomic E-state index is 6.00. The molecule has 0 saturated heterocycles. The largest absolute Gasteiger partial charge is 0.494 e. The number of benzene rings is 1. The highest BCUT2D eigenvalue weighted by Gasteiger charge is 2.13. The van der Waals surface area contributed by atoms with E-state index >= 15 is 0 Å². The number of hydrogen-bond acceptors (Lipinski definition) is 2. The lowest BCUT2D eigenvalue weighted by Crippen LogP contribution is -2.28.